The van der Waals surface area contributed by atoms with E-state index in [-0.39, 0.29) is 18.0 Å². The topological polar surface area (TPSA) is 76.2 Å². The molecule has 1 aromatic heterocycles. The van der Waals surface area contributed by atoms with E-state index < -0.39 is 5.82 Å². The number of carbonyl (C=O) groups is 1. The standard InChI is InChI=1S/C20H20FN5O/c1-12-4-3-5-17-18(12)24-19-15(10-23-25(19)2)11-26(17)20(27)13-6-7-14(9-22)16(21)8-13/h3-8,10,24H,9,11,22H2,1-2H3. The first-order chi connectivity index (χ1) is 13.0. The molecule has 0 unspecified atom stereocenters. The molecule has 7 heteroatoms. The first-order valence-electron chi connectivity index (χ1n) is 8.67. The summed E-state index contributed by atoms with van der Waals surface area (Å²) >= 11 is 0. The van der Waals surface area contributed by atoms with Crippen LogP contribution < -0.4 is 16.0 Å². The van der Waals surface area contributed by atoms with Crippen molar-refractivity contribution < 1.29 is 9.18 Å². The second kappa shape index (κ2) is 6.51. The van der Waals surface area contributed by atoms with Gasteiger partial charge in [-0.2, -0.15) is 5.10 Å². The lowest BCUT2D eigenvalue weighted by atomic mass is 10.1. The van der Waals surface area contributed by atoms with E-state index in [1.807, 2.05) is 32.2 Å². The number of aromatic nitrogens is 2. The summed E-state index contributed by atoms with van der Waals surface area (Å²) in [6.45, 7) is 2.41. The lowest BCUT2D eigenvalue weighted by Gasteiger charge is -2.23. The molecule has 138 valence electrons. The van der Waals surface area contributed by atoms with Gasteiger partial charge in [0.15, 0.2) is 0 Å². The van der Waals surface area contributed by atoms with Crippen molar-refractivity contribution in [1.29, 1.82) is 0 Å². The smallest absolute Gasteiger partial charge is 0.258 e. The highest BCUT2D eigenvalue weighted by Crippen LogP contribution is 2.38. The van der Waals surface area contributed by atoms with Crippen LogP contribution in [0, 0.1) is 12.7 Å². The highest BCUT2D eigenvalue weighted by atomic mass is 19.1. The number of benzene rings is 2. The zero-order valence-electron chi connectivity index (χ0n) is 15.2. The van der Waals surface area contributed by atoms with Crippen LogP contribution in [0.5, 0.6) is 0 Å². The number of amides is 1. The highest BCUT2D eigenvalue weighted by molar-refractivity contribution is 6.08. The minimum Gasteiger partial charge on any atom is -0.338 e. The molecule has 0 bridgehead atoms. The Bertz CT molecular complexity index is 1040. The molecular weight excluding hydrogens is 345 g/mol. The first kappa shape index (κ1) is 17.2. The van der Waals surface area contributed by atoms with Crippen LogP contribution in [0.3, 0.4) is 0 Å². The summed E-state index contributed by atoms with van der Waals surface area (Å²) in [6, 6.07) is 10.2. The second-order valence-corrected chi connectivity index (χ2v) is 6.64. The fraction of sp³-hybridized carbons (Fsp3) is 0.200. The van der Waals surface area contributed by atoms with Gasteiger partial charge >= 0.3 is 0 Å². The largest absolute Gasteiger partial charge is 0.338 e. The molecule has 3 N–H and O–H groups in total. The third kappa shape index (κ3) is 2.86. The zero-order chi connectivity index (χ0) is 19.1. The van der Waals surface area contributed by atoms with Gasteiger partial charge in [-0.05, 0) is 30.7 Å². The molecule has 0 atom stereocenters. The van der Waals surface area contributed by atoms with E-state index in [9.17, 15) is 9.18 Å². The molecule has 1 amide bonds. The summed E-state index contributed by atoms with van der Waals surface area (Å²) in [6.07, 6.45) is 1.74. The predicted molar refractivity (Wildman–Crippen MR) is 102 cm³/mol. The number of nitrogens with one attached hydrogen (secondary N) is 1. The van der Waals surface area contributed by atoms with Gasteiger partial charge in [-0.15, -0.1) is 0 Å². The van der Waals surface area contributed by atoms with E-state index in [2.05, 4.69) is 10.4 Å². The van der Waals surface area contributed by atoms with E-state index in [1.165, 1.54) is 6.07 Å². The Morgan fingerprint density at radius 1 is 1.33 bits per heavy atom. The first-order valence-corrected chi connectivity index (χ1v) is 8.67. The number of aryl methyl sites for hydroxylation is 2. The van der Waals surface area contributed by atoms with Gasteiger partial charge in [0, 0.05) is 30.3 Å². The fourth-order valence-electron chi connectivity index (χ4n) is 3.36. The van der Waals surface area contributed by atoms with Crippen molar-refractivity contribution in [2.45, 2.75) is 20.0 Å². The Morgan fingerprint density at radius 2 is 2.15 bits per heavy atom. The Kier molecular flexibility index (Phi) is 4.16. The molecule has 27 heavy (non-hydrogen) atoms. The van der Waals surface area contributed by atoms with Crippen molar-refractivity contribution in [3.05, 3.63) is 70.7 Å². The lowest BCUT2D eigenvalue weighted by molar-refractivity contribution is 0.0985. The minimum atomic E-state index is -0.470. The SMILES string of the molecule is Cc1cccc2c1Nc1c(cnn1C)CN2C(=O)c1ccc(CN)c(F)c1. The molecule has 0 fully saturated rings. The van der Waals surface area contributed by atoms with Crippen LogP contribution in [-0.4, -0.2) is 15.7 Å². The number of hydrogen-bond acceptors (Lipinski definition) is 4. The van der Waals surface area contributed by atoms with Gasteiger partial charge in [0.1, 0.15) is 11.6 Å². The summed E-state index contributed by atoms with van der Waals surface area (Å²) in [7, 11) is 1.85. The monoisotopic (exact) mass is 365 g/mol. The third-order valence-electron chi connectivity index (χ3n) is 4.89. The molecule has 1 aliphatic rings. The molecule has 0 radical (unpaired) electrons. The number of anilines is 3. The van der Waals surface area contributed by atoms with Crippen LogP contribution in [0.15, 0.2) is 42.6 Å². The molecule has 6 nitrogen and oxygen atoms in total. The van der Waals surface area contributed by atoms with Gasteiger partial charge in [-0.3, -0.25) is 9.48 Å². The molecule has 3 aromatic rings. The zero-order valence-corrected chi connectivity index (χ0v) is 15.2. The van der Waals surface area contributed by atoms with Crippen molar-refractivity contribution in [2.24, 2.45) is 12.8 Å². The molecule has 0 saturated carbocycles. The van der Waals surface area contributed by atoms with E-state index in [0.29, 0.717) is 12.1 Å². The summed E-state index contributed by atoms with van der Waals surface area (Å²) < 4.78 is 15.9. The summed E-state index contributed by atoms with van der Waals surface area (Å²) in [5, 5.41) is 7.69. The number of rotatable bonds is 2. The molecule has 2 aromatic carbocycles. The normalized spacial score (nSPS) is 12.8. The van der Waals surface area contributed by atoms with Crippen LogP contribution >= 0.6 is 0 Å². The maximum atomic E-state index is 14.2. The number of hydrogen-bond donors (Lipinski definition) is 2. The predicted octanol–water partition coefficient (Wildman–Crippen LogP) is 3.23. The van der Waals surface area contributed by atoms with E-state index in [4.69, 9.17) is 5.73 Å². The molecule has 2 heterocycles. The second-order valence-electron chi connectivity index (χ2n) is 6.64. The van der Waals surface area contributed by atoms with Crippen molar-refractivity contribution in [1.82, 2.24) is 9.78 Å². The minimum absolute atomic E-state index is 0.0923. The quantitative estimate of drug-likeness (QED) is 0.731. The molecule has 0 saturated heterocycles. The van der Waals surface area contributed by atoms with Crippen molar-refractivity contribution in [2.75, 3.05) is 10.2 Å². The summed E-state index contributed by atoms with van der Waals surface area (Å²) in [5.41, 5.74) is 9.67. The van der Waals surface area contributed by atoms with Crippen LogP contribution in [0.4, 0.5) is 21.6 Å². The van der Waals surface area contributed by atoms with Gasteiger partial charge in [0.05, 0.1) is 24.1 Å². The Labute approximate surface area is 156 Å². The maximum absolute atomic E-state index is 14.2. The van der Waals surface area contributed by atoms with Crippen LogP contribution in [-0.2, 0) is 20.1 Å². The number of para-hydroxylation sites is 1. The number of halogens is 1. The average Bonchev–Trinajstić information content (AvgIpc) is 2.90. The van der Waals surface area contributed by atoms with E-state index >= 15 is 0 Å². The molecule has 0 spiro atoms. The molecule has 4 rings (SSSR count). The van der Waals surface area contributed by atoms with E-state index in [0.717, 1.165) is 28.3 Å². The fourth-order valence-corrected chi connectivity index (χ4v) is 3.36. The van der Waals surface area contributed by atoms with Gasteiger partial charge in [0.2, 0.25) is 0 Å². The molecular formula is C20H20FN5O. The lowest BCUT2D eigenvalue weighted by Crippen LogP contribution is -2.30. The van der Waals surface area contributed by atoms with Gasteiger partial charge in [0.25, 0.3) is 5.91 Å². The van der Waals surface area contributed by atoms with E-state index in [1.54, 1.807) is 27.9 Å². The summed E-state index contributed by atoms with van der Waals surface area (Å²) in [5.74, 6) is 0.0937. The number of nitrogens with two attached hydrogens (primary N) is 1. The molecule has 1 aliphatic heterocycles. The van der Waals surface area contributed by atoms with Crippen molar-refractivity contribution in [3.8, 4) is 0 Å². The Hall–Kier alpha value is -3.19. The highest BCUT2D eigenvalue weighted by Gasteiger charge is 2.27. The Morgan fingerprint density at radius 3 is 2.89 bits per heavy atom. The van der Waals surface area contributed by atoms with Gasteiger partial charge in [-0.25, -0.2) is 4.39 Å². The van der Waals surface area contributed by atoms with Gasteiger partial charge in [-0.1, -0.05) is 18.2 Å². The number of nitrogens with zero attached hydrogens (tertiary/aromatic N) is 3. The van der Waals surface area contributed by atoms with Crippen molar-refractivity contribution >= 4 is 23.1 Å². The van der Waals surface area contributed by atoms with Crippen LogP contribution in [0.25, 0.3) is 0 Å². The van der Waals surface area contributed by atoms with Gasteiger partial charge < -0.3 is 16.0 Å². The van der Waals surface area contributed by atoms with Crippen LogP contribution in [0.2, 0.25) is 0 Å². The average molecular weight is 365 g/mol. The molecule has 0 aliphatic carbocycles. The number of fused-ring (bicyclic) bond motifs is 2. The van der Waals surface area contributed by atoms with Crippen LogP contribution in [0.1, 0.15) is 27.0 Å². The third-order valence-corrected chi connectivity index (χ3v) is 4.89. The van der Waals surface area contributed by atoms with Crippen molar-refractivity contribution in [3.63, 3.8) is 0 Å². The number of carbonyl (C=O) groups excluding carboxylic acids is 1. The Balaban J connectivity index is 1.83. The maximum Gasteiger partial charge on any atom is 0.258 e. The summed E-state index contributed by atoms with van der Waals surface area (Å²) in [4.78, 5) is 14.9.